The van der Waals surface area contributed by atoms with Crippen LogP contribution in [0.15, 0.2) is 48.5 Å². The van der Waals surface area contributed by atoms with E-state index in [2.05, 4.69) is 58.3 Å². The molecule has 100 valence electrons. The first kappa shape index (κ1) is 10.9. The molecule has 1 saturated carbocycles. The SMILES string of the molecule is c1ccc2c(c1)-c1ccccc1N1CCN(C3CC3)C21. The van der Waals surface area contributed by atoms with Gasteiger partial charge in [-0.3, -0.25) is 4.90 Å². The van der Waals surface area contributed by atoms with Crippen molar-refractivity contribution in [3.05, 3.63) is 54.1 Å². The van der Waals surface area contributed by atoms with Crippen LogP contribution in [0.1, 0.15) is 24.6 Å². The Labute approximate surface area is 119 Å². The number of benzene rings is 2. The van der Waals surface area contributed by atoms with Gasteiger partial charge in [-0.05, 0) is 30.0 Å². The first-order valence-electron chi connectivity index (χ1n) is 7.64. The van der Waals surface area contributed by atoms with Gasteiger partial charge in [-0.25, -0.2) is 0 Å². The van der Waals surface area contributed by atoms with E-state index in [1.54, 1.807) is 0 Å². The van der Waals surface area contributed by atoms with Gasteiger partial charge in [-0.1, -0.05) is 42.5 Å². The Kier molecular flexibility index (Phi) is 2.11. The van der Waals surface area contributed by atoms with Crippen molar-refractivity contribution in [3.8, 4) is 11.1 Å². The van der Waals surface area contributed by atoms with Crippen molar-refractivity contribution in [1.82, 2.24) is 4.90 Å². The molecule has 3 aliphatic rings. The third-order valence-electron chi connectivity index (χ3n) is 4.97. The zero-order valence-corrected chi connectivity index (χ0v) is 11.5. The van der Waals surface area contributed by atoms with Crippen molar-refractivity contribution in [2.45, 2.75) is 25.0 Å². The smallest absolute Gasteiger partial charge is 0.109 e. The van der Waals surface area contributed by atoms with Crippen LogP contribution in [0.4, 0.5) is 5.69 Å². The molecule has 2 aromatic carbocycles. The van der Waals surface area contributed by atoms with E-state index in [-0.39, 0.29) is 0 Å². The number of hydrogen-bond donors (Lipinski definition) is 0. The van der Waals surface area contributed by atoms with E-state index in [1.165, 1.54) is 41.8 Å². The molecule has 2 fully saturated rings. The lowest BCUT2D eigenvalue weighted by Crippen LogP contribution is -2.34. The lowest BCUT2D eigenvalue weighted by atomic mass is 9.91. The van der Waals surface area contributed by atoms with Crippen LogP contribution in [0, 0.1) is 0 Å². The second-order valence-electron chi connectivity index (χ2n) is 6.14. The predicted molar refractivity (Wildman–Crippen MR) is 81.7 cm³/mol. The van der Waals surface area contributed by atoms with Crippen molar-refractivity contribution < 1.29 is 0 Å². The number of anilines is 1. The van der Waals surface area contributed by atoms with Gasteiger partial charge >= 0.3 is 0 Å². The second kappa shape index (κ2) is 3.86. The van der Waals surface area contributed by atoms with Crippen molar-refractivity contribution in [2.75, 3.05) is 18.0 Å². The molecule has 1 unspecified atom stereocenters. The van der Waals surface area contributed by atoms with Crippen LogP contribution in [-0.2, 0) is 0 Å². The maximum atomic E-state index is 2.72. The van der Waals surface area contributed by atoms with Crippen LogP contribution < -0.4 is 4.90 Å². The van der Waals surface area contributed by atoms with E-state index in [0.717, 1.165) is 12.6 Å². The van der Waals surface area contributed by atoms with Gasteiger partial charge in [0.05, 0.1) is 0 Å². The van der Waals surface area contributed by atoms with Crippen LogP contribution in [0.25, 0.3) is 11.1 Å². The highest BCUT2D eigenvalue weighted by atomic mass is 15.4. The van der Waals surface area contributed by atoms with Gasteiger partial charge < -0.3 is 4.90 Å². The molecule has 20 heavy (non-hydrogen) atoms. The monoisotopic (exact) mass is 262 g/mol. The van der Waals surface area contributed by atoms with Gasteiger partial charge in [-0.15, -0.1) is 0 Å². The van der Waals surface area contributed by atoms with Crippen LogP contribution in [0.3, 0.4) is 0 Å². The van der Waals surface area contributed by atoms with Gasteiger partial charge in [0.15, 0.2) is 0 Å². The van der Waals surface area contributed by atoms with Crippen LogP contribution in [0.5, 0.6) is 0 Å². The Hall–Kier alpha value is -1.80. The van der Waals surface area contributed by atoms with E-state index in [9.17, 15) is 0 Å². The van der Waals surface area contributed by atoms with Gasteiger partial charge in [0, 0.05) is 30.4 Å². The standard InChI is InChI=1S/C18H18N2/c1-2-7-16-14(5-1)15-6-3-4-8-17(15)20-12-11-19(18(16)20)13-9-10-13/h1-8,13,18H,9-12H2. The Balaban J connectivity index is 1.75. The zero-order valence-electron chi connectivity index (χ0n) is 11.5. The minimum absolute atomic E-state index is 0.466. The second-order valence-corrected chi connectivity index (χ2v) is 6.14. The van der Waals surface area contributed by atoms with E-state index in [1.807, 2.05) is 0 Å². The third kappa shape index (κ3) is 1.37. The molecule has 2 heterocycles. The molecule has 2 aromatic rings. The molecule has 1 saturated heterocycles. The summed E-state index contributed by atoms with van der Waals surface area (Å²) in [7, 11) is 0. The molecule has 0 spiro atoms. The molecular formula is C18H18N2. The summed E-state index contributed by atoms with van der Waals surface area (Å²) in [6.07, 6.45) is 3.23. The summed E-state index contributed by atoms with van der Waals surface area (Å²) >= 11 is 0. The Morgan fingerprint density at radius 2 is 1.55 bits per heavy atom. The maximum Gasteiger partial charge on any atom is 0.109 e. The fourth-order valence-electron chi connectivity index (χ4n) is 3.95. The van der Waals surface area contributed by atoms with Gasteiger partial charge in [0.1, 0.15) is 6.17 Å². The molecule has 0 amide bonds. The maximum absolute atomic E-state index is 2.72. The van der Waals surface area contributed by atoms with E-state index >= 15 is 0 Å². The third-order valence-corrected chi connectivity index (χ3v) is 4.97. The minimum Gasteiger partial charge on any atom is -0.350 e. The van der Waals surface area contributed by atoms with Crippen molar-refractivity contribution in [2.24, 2.45) is 0 Å². The predicted octanol–water partition coefficient (Wildman–Crippen LogP) is 3.65. The highest BCUT2D eigenvalue weighted by Crippen LogP contribution is 2.50. The Bertz CT molecular complexity index is 675. The van der Waals surface area contributed by atoms with E-state index in [4.69, 9.17) is 0 Å². The van der Waals surface area contributed by atoms with Crippen molar-refractivity contribution >= 4 is 5.69 Å². The molecule has 1 aliphatic carbocycles. The molecule has 0 radical (unpaired) electrons. The Morgan fingerprint density at radius 1 is 0.800 bits per heavy atom. The highest BCUT2D eigenvalue weighted by molar-refractivity contribution is 5.84. The number of nitrogens with zero attached hydrogens (tertiary/aromatic N) is 2. The molecule has 2 aliphatic heterocycles. The zero-order chi connectivity index (χ0) is 13.1. The quantitative estimate of drug-likeness (QED) is 0.774. The number of para-hydroxylation sites is 1. The normalized spacial score (nSPS) is 24.2. The first-order valence-corrected chi connectivity index (χ1v) is 7.64. The number of rotatable bonds is 1. The molecule has 0 N–H and O–H groups in total. The average Bonchev–Trinajstić information content (AvgIpc) is 3.26. The highest BCUT2D eigenvalue weighted by Gasteiger charge is 2.44. The fourth-order valence-corrected chi connectivity index (χ4v) is 3.95. The molecule has 2 heteroatoms. The summed E-state index contributed by atoms with van der Waals surface area (Å²) in [6, 6.07) is 18.7. The summed E-state index contributed by atoms with van der Waals surface area (Å²) in [5.74, 6) is 0. The lowest BCUT2D eigenvalue weighted by molar-refractivity contribution is 0.247. The van der Waals surface area contributed by atoms with Gasteiger partial charge in [0.2, 0.25) is 0 Å². The first-order chi connectivity index (χ1) is 9.93. The van der Waals surface area contributed by atoms with E-state index < -0.39 is 0 Å². The largest absolute Gasteiger partial charge is 0.350 e. The summed E-state index contributed by atoms with van der Waals surface area (Å²) in [4.78, 5) is 5.32. The molecule has 1 atom stereocenters. The molecule has 5 rings (SSSR count). The number of fused-ring (bicyclic) bond motifs is 6. The number of hydrogen-bond acceptors (Lipinski definition) is 2. The van der Waals surface area contributed by atoms with Crippen molar-refractivity contribution in [3.63, 3.8) is 0 Å². The molecule has 0 bridgehead atoms. The van der Waals surface area contributed by atoms with Gasteiger partial charge in [0.25, 0.3) is 0 Å². The van der Waals surface area contributed by atoms with Crippen LogP contribution in [-0.4, -0.2) is 24.0 Å². The summed E-state index contributed by atoms with van der Waals surface area (Å²) in [5, 5.41) is 0. The van der Waals surface area contributed by atoms with Crippen LogP contribution in [0.2, 0.25) is 0 Å². The molecule has 0 aromatic heterocycles. The van der Waals surface area contributed by atoms with Crippen molar-refractivity contribution in [1.29, 1.82) is 0 Å². The van der Waals surface area contributed by atoms with E-state index in [0.29, 0.717) is 6.17 Å². The summed E-state index contributed by atoms with van der Waals surface area (Å²) in [5.41, 5.74) is 5.74. The lowest BCUT2D eigenvalue weighted by Gasteiger charge is -2.38. The fraction of sp³-hybridized carbons (Fsp3) is 0.333. The molecular weight excluding hydrogens is 244 g/mol. The summed E-state index contributed by atoms with van der Waals surface area (Å²) in [6.45, 7) is 2.37. The minimum atomic E-state index is 0.466. The van der Waals surface area contributed by atoms with Crippen LogP contribution >= 0.6 is 0 Å². The molecule has 2 nitrogen and oxygen atoms in total. The Morgan fingerprint density at radius 3 is 2.40 bits per heavy atom. The van der Waals surface area contributed by atoms with Gasteiger partial charge in [-0.2, -0.15) is 0 Å². The summed E-state index contributed by atoms with van der Waals surface area (Å²) < 4.78 is 0. The average molecular weight is 262 g/mol. The topological polar surface area (TPSA) is 6.48 Å².